The molecule has 2 aliphatic rings. The Balaban J connectivity index is 1.68. The van der Waals surface area contributed by atoms with Crippen LogP contribution in [0.3, 0.4) is 0 Å². The predicted octanol–water partition coefficient (Wildman–Crippen LogP) is 3.36. The molecular formula is C16H14N2OS. The molecule has 0 fully saturated rings. The molecule has 0 aliphatic heterocycles. The number of anilines is 1. The van der Waals surface area contributed by atoms with Crippen LogP contribution in [0.4, 0.5) is 5.13 Å². The number of benzene rings is 1. The number of aromatic nitrogens is 1. The molecule has 0 unspecified atom stereocenters. The molecule has 100 valence electrons. The second-order valence-electron chi connectivity index (χ2n) is 5.00. The Hall–Kier alpha value is -2.07. The van der Waals surface area contributed by atoms with Gasteiger partial charge in [-0.2, -0.15) is 0 Å². The normalized spacial score (nSPS) is 16.2. The summed E-state index contributed by atoms with van der Waals surface area (Å²) in [6, 6.07) is 6.25. The van der Waals surface area contributed by atoms with Crippen LogP contribution in [0, 0.1) is 0 Å². The maximum absolute atomic E-state index is 5.92. The molecule has 3 nitrogen and oxygen atoms in total. The Morgan fingerprint density at radius 1 is 1.20 bits per heavy atom. The minimum Gasteiger partial charge on any atom is -0.482 e. The Labute approximate surface area is 121 Å². The highest BCUT2D eigenvalue weighted by Gasteiger charge is 2.21. The molecule has 1 aromatic heterocycles. The van der Waals surface area contributed by atoms with E-state index in [9.17, 15) is 0 Å². The molecule has 1 aromatic carbocycles. The van der Waals surface area contributed by atoms with Gasteiger partial charge in [0.25, 0.3) is 0 Å². The molecule has 0 radical (unpaired) electrons. The number of thiazole rings is 1. The van der Waals surface area contributed by atoms with Crippen molar-refractivity contribution < 1.29 is 4.74 Å². The largest absolute Gasteiger partial charge is 0.482 e. The third kappa shape index (κ3) is 1.93. The van der Waals surface area contributed by atoms with E-state index in [1.807, 2.05) is 30.4 Å². The average molecular weight is 282 g/mol. The van der Waals surface area contributed by atoms with Crippen molar-refractivity contribution in [2.24, 2.45) is 0 Å². The van der Waals surface area contributed by atoms with Gasteiger partial charge in [0.05, 0.1) is 5.69 Å². The summed E-state index contributed by atoms with van der Waals surface area (Å²) in [7, 11) is 0. The lowest BCUT2D eigenvalue weighted by Gasteiger charge is -2.17. The van der Waals surface area contributed by atoms with Gasteiger partial charge in [-0.25, -0.2) is 4.98 Å². The summed E-state index contributed by atoms with van der Waals surface area (Å²) in [6.07, 6.45) is 10.2. The number of nitrogen functional groups attached to an aromatic ring is 1. The Kier molecular flexibility index (Phi) is 2.63. The lowest BCUT2D eigenvalue weighted by molar-refractivity contribution is 0.298. The number of nitrogens with zero attached hydrogens (tertiary/aromatic N) is 1. The monoisotopic (exact) mass is 282 g/mol. The Morgan fingerprint density at radius 2 is 2.05 bits per heavy atom. The van der Waals surface area contributed by atoms with Crippen molar-refractivity contribution >= 4 is 16.5 Å². The molecule has 0 atom stereocenters. The van der Waals surface area contributed by atoms with E-state index in [0.717, 1.165) is 24.3 Å². The zero-order valence-electron chi connectivity index (χ0n) is 10.9. The molecule has 1 heterocycles. The lowest BCUT2D eigenvalue weighted by atomic mass is 9.93. The number of hydrogen-bond acceptors (Lipinski definition) is 4. The first kappa shape index (κ1) is 11.7. The first-order chi connectivity index (χ1) is 9.79. The topological polar surface area (TPSA) is 48.1 Å². The van der Waals surface area contributed by atoms with Gasteiger partial charge in [0.1, 0.15) is 11.9 Å². The molecule has 0 bridgehead atoms. The van der Waals surface area contributed by atoms with E-state index in [-0.39, 0.29) is 6.10 Å². The summed E-state index contributed by atoms with van der Waals surface area (Å²) in [6.45, 7) is 0. The van der Waals surface area contributed by atoms with Crippen LogP contribution in [-0.4, -0.2) is 11.1 Å². The molecule has 0 spiro atoms. The van der Waals surface area contributed by atoms with E-state index in [1.165, 1.54) is 16.0 Å². The van der Waals surface area contributed by atoms with Gasteiger partial charge in [0.15, 0.2) is 5.13 Å². The van der Waals surface area contributed by atoms with Crippen molar-refractivity contribution in [3.05, 3.63) is 52.9 Å². The van der Waals surface area contributed by atoms with Gasteiger partial charge in [-0.3, -0.25) is 0 Å². The first-order valence-electron chi connectivity index (χ1n) is 6.70. The lowest BCUT2D eigenvalue weighted by Crippen LogP contribution is -2.09. The molecule has 0 amide bonds. The Morgan fingerprint density at radius 3 is 2.90 bits per heavy atom. The number of nitrogens with two attached hydrogens (primary N) is 1. The van der Waals surface area contributed by atoms with Crippen LogP contribution in [0.1, 0.15) is 10.4 Å². The highest BCUT2D eigenvalue weighted by molar-refractivity contribution is 7.15. The van der Waals surface area contributed by atoms with Crippen molar-refractivity contribution in [3.63, 3.8) is 0 Å². The maximum atomic E-state index is 5.92. The van der Waals surface area contributed by atoms with Gasteiger partial charge >= 0.3 is 0 Å². The van der Waals surface area contributed by atoms with Crippen molar-refractivity contribution in [1.29, 1.82) is 0 Å². The molecule has 2 N–H and O–H groups in total. The third-order valence-corrected chi connectivity index (χ3v) is 4.60. The number of ether oxygens (including phenoxy) is 1. The Bertz CT molecular complexity index is 718. The van der Waals surface area contributed by atoms with Gasteiger partial charge in [0, 0.05) is 10.4 Å². The fraction of sp³-hybridized carbons (Fsp3) is 0.188. The zero-order chi connectivity index (χ0) is 13.5. The summed E-state index contributed by atoms with van der Waals surface area (Å²) in [5.74, 6) is 0.914. The van der Waals surface area contributed by atoms with Crippen molar-refractivity contribution in [2.45, 2.75) is 18.9 Å². The van der Waals surface area contributed by atoms with Crippen LogP contribution in [0.25, 0.3) is 11.3 Å². The minimum absolute atomic E-state index is 0.0575. The van der Waals surface area contributed by atoms with E-state index < -0.39 is 0 Å². The number of allylic oxidation sites excluding steroid dienone is 2. The number of rotatable bonds is 2. The number of aryl methyl sites for hydroxylation is 2. The van der Waals surface area contributed by atoms with Gasteiger partial charge < -0.3 is 10.5 Å². The van der Waals surface area contributed by atoms with Crippen molar-refractivity contribution in [1.82, 2.24) is 4.98 Å². The third-order valence-electron chi connectivity index (χ3n) is 3.65. The molecule has 4 heteroatoms. The first-order valence-corrected chi connectivity index (χ1v) is 7.51. The fourth-order valence-corrected chi connectivity index (χ4v) is 3.57. The van der Waals surface area contributed by atoms with Gasteiger partial charge in [-0.15, -0.1) is 11.3 Å². The second-order valence-corrected chi connectivity index (χ2v) is 6.11. The number of fused-ring (bicyclic) bond motifs is 3. The van der Waals surface area contributed by atoms with Crippen LogP contribution >= 0.6 is 11.3 Å². The molecule has 2 aromatic rings. The van der Waals surface area contributed by atoms with E-state index in [4.69, 9.17) is 10.5 Å². The highest BCUT2D eigenvalue weighted by Crippen LogP contribution is 2.38. The van der Waals surface area contributed by atoms with E-state index in [0.29, 0.717) is 5.13 Å². The van der Waals surface area contributed by atoms with E-state index >= 15 is 0 Å². The summed E-state index contributed by atoms with van der Waals surface area (Å²) < 4.78 is 5.92. The molecule has 0 saturated carbocycles. The minimum atomic E-state index is 0.0575. The van der Waals surface area contributed by atoms with Gasteiger partial charge in [-0.05, 0) is 48.8 Å². The standard InChI is InChI=1S/C16H14N2OS/c17-16-18-15-13-7-6-12(19-11-3-1-2-4-11)9-10(13)5-8-14(15)20-16/h1-4,6-7,9,11H,5,8H2,(H2,17,18). The maximum Gasteiger partial charge on any atom is 0.180 e. The molecule has 2 aliphatic carbocycles. The number of hydrogen-bond donors (Lipinski definition) is 1. The van der Waals surface area contributed by atoms with Crippen LogP contribution in [0.2, 0.25) is 0 Å². The van der Waals surface area contributed by atoms with Gasteiger partial charge in [0.2, 0.25) is 0 Å². The second kappa shape index (κ2) is 4.49. The predicted molar refractivity (Wildman–Crippen MR) is 82.1 cm³/mol. The summed E-state index contributed by atoms with van der Waals surface area (Å²) in [4.78, 5) is 5.76. The van der Waals surface area contributed by atoms with Gasteiger partial charge in [-0.1, -0.05) is 12.2 Å². The van der Waals surface area contributed by atoms with Crippen molar-refractivity contribution in [2.75, 3.05) is 5.73 Å². The SMILES string of the molecule is Nc1nc2c(s1)CCc1cc(OC3C=CC=C3)ccc1-2. The quantitative estimate of drug-likeness (QED) is 0.918. The molecule has 20 heavy (non-hydrogen) atoms. The fourth-order valence-electron chi connectivity index (χ4n) is 2.73. The van der Waals surface area contributed by atoms with E-state index in [1.54, 1.807) is 11.3 Å². The summed E-state index contributed by atoms with van der Waals surface area (Å²) in [5.41, 5.74) is 9.37. The average Bonchev–Trinajstić information content (AvgIpc) is 3.06. The summed E-state index contributed by atoms with van der Waals surface area (Å²) >= 11 is 1.60. The zero-order valence-corrected chi connectivity index (χ0v) is 11.7. The van der Waals surface area contributed by atoms with Crippen LogP contribution in [-0.2, 0) is 12.8 Å². The highest BCUT2D eigenvalue weighted by atomic mass is 32.1. The van der Waals surface area contributed by atoms with Crippen molar-refractivity contribution in [3.8, 4) is 17.0 Å². The molecular weight excluding hydrogens is 268 g/mol. The smallest absolute Gasteiger partial charge is 0.180 e. The van der Waals surface area contributed by atoms with E-state index in [2.05, 4.69) is 17.1 Å². The molecule has 4 rings (SSSR count). The van der Waals surface area contributed by atoms with Crippen LogP contribution in [0.5, 0.6) is 5.75 Å². The molecule has 0 saturated heterocycles. The summed E-state index contributed by atoms with van der Waals surface area (Å²) in [5, 5.41) is 0.657. The van der Waals surface area contributed by atoms with Crippen LogP contribution in [0.15, 0.2) is 42.5 Å². The van der Waals surface area contributed by atoms with Crippen LogP contribution < -0.4 is 10.5 Å².